The zero-order chi connectivity index (χ0) is 17.9. The van der Waals surface area contributed by atoms with Crippen LogP contribution in [0.25, 0.3) is 22.8 Å². The van der Waals surface area contributed by atoms with Crippen molar-refractivity contribution in [1.29, 1.82) is 0 Å². The SMILES string of the molecule is COc1ccc(-c2noc(-c3cccnc3N3CCC(N)CC3)n2)cc1. The summed E-state index contributed by atoms with van der Waals surface area (Å²) in [7, 11) is 1.64. The molecule has 1 aliphatic rings. The van der Waals surface area contributed by atoms with Gasteiger partial charge in [0.05, 0.1) is 12.7 Å². The molecule has 0 aliphatic carbocycles. The van der Waals surface area contributed by atoms with E-state index in [1.54, 1.807) is 13.3 Å². The Bertz CT molecular complexity index is 870. The number of nitrogens with two attached hydrogens (primary N) is 1. The molecule has 0 unspecified atom stereocenters. The molecule has 1 fully saturated rings. The molecule has 3 heterocycles. The molecule has 2 aromatic heterocycles. The molecule has 7 nitrogen and oxygen atoms in total. The molecule has 2 N–H and O–H groups in total. The van der Waals surface area contributed by atoms with E-state index in [4.69, 9.17) is 15.0 Å². The van der Waals surface area contributed by atoms with Crippen molar-refractivity contribution in [2.45, 2.75) is 18.9 Å². The van der Waals surface area contributed by atoms with Crippen molar-refractivity contribution in [3.8, 4) is 28.6 Å². The van der Waals surface area contributed by atoms with Gasteiger partial charge in [0.2, 0.25) is 5.82 Å². The first-order chi connectivity index (χ1) is 12.7. The lowest BCUT2D eigenvalue weighted by atomic mass is 10.1. The van der Waals surface area contributed by atoms with Crippen LogP contribution in [0.15, 0.2) is 47.1 Å². The van der Waals surface area contributed by atoms with Crippen molar-refractivity contribution in [3.05, 3.63) is 42.6 Å². The molecule has 0 bridgehead atoms. The summed E-state index contributed by atoms with van der Waals surface area (Å²) in [4.78, 5) is 11.3. The van der Waals surface area contributed by atoms with Gasteiger partial charge in [0, 0.05) is 30.9 Å². The second-order valence-corrected chi connectivity index (χ2v) is 6.35. The minimum atomic E-state index is 0.267. The van der Waals surface area contributed by atoms with Crippen LogP contribution in [-0.2, 0) is 0 Å². The van der Waals surface area contributed by atoms with Crippen LogP contribution in [0.3, 0.4) is 0 Å². The lowest BCUT2D eigenvalue weighted by Crippen LogP contribution is -2.40. The Kier molecular flexibility index (Phi) is 4.53. The normalized spacial score (nSPS) is 15.2. The predicted molar refractivity (Wildman–Crippen MR) is 98.9 cm³/mol. The summed E-state index contributed by atoms with van der Waals surface area (Å²) >= 11 is 0. The Morgan fingerprint density at radius 3 is 2.65 bits per heavy atom. The Morgan fingerprint density at radius 2 is 1.92 bits per heavy atom. The van der Waals surface area contributed by atoms with Crippen molar-refractivity contribution in [3.63, 3.8) is 0 Å². The van der Waals surface area contributed by atoms with E-state index >= 15 is 0 Å². The topological polar surface area (TPSA) is 90.3 Å². The maximum Gasteiger partial charge on any atom is 0.261 e. The number of anilines is 1. The highest BCUT2D eigenvalue weighted by atomic mass is 16.5. The molecule has 3 aromatic rings. The first-order valence-electron chi connectivity index (χ1n) is 8.68. The third-order valence-electron chi connectivity index (χ3n) is 4.63. The fraction of sp³-hybridized carbons (Fsp3) is 0.316. The smallest absolute Gasteiger partial charge is 0.261 e. The molecule has 1 aliphatic heterocycles. The van der Waals surface area contributed by atoms with E-state index in [-0.39, 0.29) is 6.04 Å². The number of methoxy groups -OCH3 is 1. The summed E-state index contributed by atoms with van der Waals surface area (Å²) in [5, 5.41) is 4.12. The molecule has 1 aromatic carbocycles. The van der Waals surface area contributed by atoms with Gasteiger partial charge in [-0.25, -0.2) is 4.98 Å². The highest BCUT2D eigenvalue weighted by molar-refractivity contribution is 5.71. The third-order valence-corrected chi connectivity index (χ3v) is 4.63. The molecule has 0 spiro atoms. The van der Waals surface area contributed by atoms with Gasteiger partial charge in [-0.05, 0) is 49.2 Å². The quantitative estimate of drug-likeness (QED) is 0.773. The van der Waals surface area contributed by atoms with Gasteiger partial charge in [0.1, 0.15) is 11.6 Å². The highest BCUT2D eigenvalue weighted by Gasteiger charge is 2.22. The van der Waals surface area contributed by atoms with Crippen LogP contribution in [0.2, 0.25) is 0 Å². The van der Waals surface area contributed by atoms with Gasteiger partial charge in [0.15, 0.2) is 0 Å². The predicted octanol–water partition coefficient (Wildman–Crippen LogP) is 2.73. The third kappa shape index (κ3) is 3.25. The summed E-state index contributed by atoms with van der Waals surface area (Å²) < 4.78 is 10.7. The Hall–Kier alpha value is -2.93. The van der Waals surface area contributed by atoms with Crippen molar-refractivity contribution in [1.82, 2.24) is 15.1 Å². The Morgan fingerprint density at radius 1 is 1.15 bits per heavy atom. The molecule has 0 atom stereocenters. The lowest BCUT2D eigenvalue weighted by molar-refractivity contribution is 0.414. The van der Waals surface area contributed by atoms with Crippen LogP contribution in [-0.4, -0.2) is 41.4 Å². The average Bonchev–Trinajstić information content (AvgIpc) is 3.19. The maximum atomic E-state index is 6.02. The zero-order valence-corrected chi connectivity index (χ0v) is 14.6. The molecule has 4 rings (SSSR count). The van der Waals surface area contributed by atoms with E-state index in [9.17, 15) is 0 Å². The largest absolute Gasteiger partial charge is 0.497 e. The van der Waals surface area contributed by atoms with Gasteiger partial charge < -0.3 is 19.9 Å². The van der Waals surface area contributed by atoms with E-state index in [2.05, 4.69) is 20.0 Å². The molecule has 0 radical (unpaired) electrons. The molecule has 7 heteroatoms. The average molecular weight is 351 g/mol. The number of nitrogens with zero attached hydrogens (tertiary/aromatic N) is 4. The Balaban J connectivity index is 1.63. The summed E-state index contributed by atoms with van der Waals surface area (Å²) in [6.07, 6.45) is 3.70. The van der Waals surface area contributed by atoms with Crippen LogP contribution in [0.4, 0.5) is 5.82 Å². The van der Waals surface area contributed by atoms with E-state index in [0.29, 0.717) is 11.7 Å². The minimum Gasteiger partial charge on any atom is -0.497 e. The number of pyridine rings is 1. The van der Waals surface area contributed by atoms with E-state index in [0.717, 1.165) is 48.6 Å². The van der Waals surface area contributed by atoms with Gasteiger partial charge in [-0.15, -0.1) is 0 Å². The first kappa shape index (κ1) is 16.5. The summed E-state index contributed by atoms with van der Waals surface area (Å²) in [5.41, 5.74) is 7.73. The van der Waals surface area contributed by atoms with Gasteiger partial charge in [-0.1, -0.05) is 5.16 Å². The number of hydrogen-bond acceptors (Lipinski definition) is 7. The number of rotatable bonds is 4. The second-order valence-electron chi connectivity index (χ2n) is 6.35. The van der Waals surface area contributed by atoms with Crippen molar-refractivity contribution in [2.75, 3.05) is 25.1 Å². The highest BCUT2D eigenvalue weighted by Crippen LogP contribution is 2.31. The summed E-state index contributed by atoms with van der Waals surface area (Å²) in [6, 6.07) is 11.7. The van der Waals surface area contributed by atoms with Crippen LogP contribution < -0.4 is 15.4 Å². The van der Waals surface area contributed by atoms with Gasteiger partial charge >= 0.3 is 0 Å². The Labute approximate surface area is 151 Å². The first-order valence-corrected chi connectivity index (χ1v) is 8.68. The molecule has 26 heavy (non-hydrogen) atoms. The number of piperidine rings is 1. The van der Waals surface area contributed by atoms with Crippen molar-refractivity contribution >= 4 is 5.82 Å². The fourth-order valence-corrected chi connectivity index (χ4v) is 3.12. The van der Waals surface area contributed by atoms with Crippen LogP contribution in [0.5, 0.6) is 5.75 Å². The van der Waals surface area contributed by atoms with Crippen molar-refractivity contribution < 1.29 is 9.26 Å². The van der Waals surface area contributed by atoms with Gasteiger partial charge in [0.25, 0.3) is 5.89 Å². The zero-order valence-electron chi connectivity index (χ0n) is 14.6. The molecule has 1 saturated heterocycles. The monoisotopic (exact) mass is 351 g/mol. The molecule has 0 saturated carbocycles. The second kappa shape index (κ2) is 7.13. The molecule has 134 valence electrons. The van der Waals surface area contributed by atoms with E-state index < -0.39 is 0 Å². The lowest BCUT2D eigenvalue weighted by Gasteiger charge is -2.31. The number of benzene rings is 1. The van der Waals surface area contributed by atoms with Gasteiger partial charge in [-0.3, -0.25) is 0 Å². The fourth-order valence-electron chi connectivity index (χ4n) is 3.12. The standard InChI is InChI=1S/C19H21N5O2/c1-25-15-6-4-13(5-7-15)17-22-19(26-23-17)16-3-2-10-21-18(16)24-11-8-14(20)9-12-24/h2-7,10,14H,8-9,11-12,20H2,1H3. The van der Waals surface area contributed by atoms with Crippen LogP contribution in [0, 0.1) is 0 Å². The van der Waals surface area contributed by atoms with Crippen LogP contribution >= 0.6 is 0 Å². The van der Waals surface area contributed by atoms with Crippen molar-refractivity contribution in [2.24, 2.45) is 5.73 Å². The van der Waals surface area contributed by atoms with Gasteiger partial charge in [-0.2, -0.15) is 4.98 Å². The summed E-state index contributed by atoms with van der Waals surface area (Å²) in [5.74, 6) is 2.66. The molecule has 0 amide bonds. The number of ether oxygens (including phenoxy) is 1. The minimum absolute atomic E-state index is 0.267. The number of aromatic nitrogens is 3. The van der Waals surface area contributed by atoms with E-state index in [1.165, 1.54) is 0 Å². The maximum absolute atomic E-state index is 6.02. The van der Waals surface area contributed by atoms with Crippen LogP contribution in [0.1, 0.15) is 12.8 Å². The molecular formula is C19H21N5O2. The molecular weight excluding hydrogens is 330 g/mol. The number of hydrogen-bond donors (Lipinski definition) is 1. The van der Waals surface area contributed by atoms with E-state index in [1.807, 2.05) is 36.4 Å². The summed E-state index contributed by atoms with van der Waals surface area (Å²) in [6.45, 7) is 1.76.